The van der Waals surface area contributed by atoms with E-state index in [2.05, 4.69) is 23.9 Å². The molecule has 3 heterocycles. The van der Waals surface area contributed by atoms with Gasteiger partial charge in [-0.15, -0.1) is 0 Å². The van der Waals surface area contributed by atoms with E-state index in [9.17, 15) is 4.39 Å². The average molecular weight is 370 g/mol. The highest BCUT2D eigenvalue weighted by Crippen LogP contribution is 2.29. The predicted octanol–water partition coefficient (Wildman–Crippen LogP) is 3.35. The topological polar surface area (TPSA) is 56.3 Å². The van der Waals surface area contributed by atoms with Gasteiger partial charge in [0.25, 0.3) is 0 Å². The lowest BCUT2D eigenvalue weighted by molar-refractivity contribution is 0.00457. The Kier molecular flexibility index (Phi) is 4.80. The van der Waals surface area contributed by atoms with E-state index in [1.165, 1.54) is 17.7 Å². The van der Waals surface area contributed by atoms with Gasteiger partial charge in [-0.3, -0.25) is 9.58 Å². The number of oxazole rings is 1. The Balaban J connectivity index is 1.57. The van der Waals surface area contributed by atoms with Crippen molar-refractivity contribution in [3.63, 3.8) is 0 Å². The van der Waals surface area contributed by atoms with Crippen molar-refractivity contribution in [3.05, 3.63) is 59.1 Å². The molecule has 27 heavy (non-hydrogen) atoms. The van der Waals surface area contributed by atoms with Crippen molar-refractivity contribution >= 4 is 0 Å². The number of aromatic nitrogens is 3. The van der Waals surface area contributed by atoms with E-state index in [1.807, 2.05) is 11.6 Å². The lowest BCUT2D eigenvalue weighted by Gasteiger charge is -2.32. The van der Waals surface area contributed by atoms with Gasteiger partial charge in [0, 0.05) is 23.4 Å². The van der Waals surface area contributed by atoms with Gasteiger partial charge < -0.3 is 9.15 Å². The van der Waals surface area contributed by atoms with Crippen molar-refractivity contribution in [1.82, 2.24) is 19.7 Å². The number of hydrogen-bond acceptors (Lipinski definition) is 5. The average Bonchev–Trinajstić information content (AvgIpc) is 3.22. The zero-order valence-electron chi connectivity index (χ0n) is 15.8. The Morgan fingerprint density at radius 2 is 2.00 bits per heavy atom. The molecule has 1 saturated heterocycles. The molecule has 1 atom stereocenters. The Morgan fingerprint density at radius 3 is 2.74 bits per heavy atom. The highest BCUT2D eigenvalue weighted by atomic mass is 19.1. The van der Waals surface area contributed by atoms with Crippen LogP contribution in [0, 0.1) is 19.7 Å². The van der Waals surface area contributed by atoms with Crippen LogP contribution in [0.15, 0.2) is 34.9 Å². The molecule has 1 fully saturated rings. The normalized spacial score (nSPS) is 18.1. The first-order valence-corrected chi connectivity index (χ1v) is 9.05. The summed E-state index contributed by atoms with van der Waals surface area (Å²) in [7, 11) is 2.12. The summed E-state index contributed by atoms with van der Waals surface area (Å²) in [5, 5.41) is 4.69. The van der Waals surface area contributed by atoms with Crippen molar-refractivity contribution in [3.8, 4) is 11.3 Å². The zero-order valence-corrected chi connectivity index (χ0v) is 15.8. The molecule has 0 saturated carbocycles. The van der Waals surface area contributed by atoms with Crippen molar-refractivity contribution < 1.29 is 13.5 Å². The molecule has 4 rings (SSSR count). The summed E-state index contributed by atoms with van der Waals surface area (Å²) >= 11 is 0. The Morgan fingerprint density at radius 1 is 1.22 bits per heavy atom. The predicted molar refractivity (Wildman–Crippen MR) is 98.9 cm³/mol. The van der Waals surface area contributed by atoms with Crippen LogP contribution in [0.2, 0.25) is 0 Å². The van der Waals surface area contributed by atoms with E-state index in [0.29, 0.717) is 24.8 Å². The Bertz CT molecular complexity index is 932. The molecule has 1 unspecified atom stereocenters. The zero-order chi connectivity index (χ0) is 19.0. The fourth-order valence-electron chi connectivity index (χ4n) is 3.60. The van der Waals surface area contributed by atoms with Crippen LogP contribution in [0.25, 0.3) is 11.3 Å². The minimum Gasteiger partial charge on any atom is -0.439 e. The molecule has 1 aliphatic rings. The number of rotatable bonds is 4. The molecule has 0 spiro atoms. The van der Waals surface area contributed by atoms with Crippen LogP contribution in [0.3, 0.4) is 0 Å². The van der Waals surface area contributed by atoms with Crippen LogP contribution in [-0.4, -0.2) is 46.5 Å². The maximum atomic E-state index is 13.1. The minimum absolute atomic E-state index is 0.215. The van der Waals surface area contributed by atoms with Gasteiger partial charge in [-0.25, -0.2) is 9.37 Å². The molecule has 1 aliphatic heterocycles. The summed E-state index contributed by atoms with van der Waals surface area (Å²) in [6.07, 6.45) is 1.66. The third-order valence-corrected chi connectivity index (χ3v) is 5.13. The SMILES string of the molecule is Cc1nn(Cc2ncc(-c3ccc(F)cc3)o2)c(C)c1C1COCCN1C. The van der Waals surface area contributed by atoms with Gasteiger partial charge in [0.15, 0.2) is 5.76 Å². The molecular formula is C20H23FN4O2. The third kappa shape index (κ3) is 3.52. The van der Waals surface area contributed by atoms with Gasteiger partial charge in [0.05, 0.1) is 31.1 Å². The molecule has 0 bridgehead atoms. The molecule has 7 heteroatoms. The largest absolute Gasteiger partial charge is 0.439 e. The second-order valence-electron chi connectivity index (χ2n) is 6.94. The summed E-state index contributed by atoms with van der Waals surface area (Å²) in [6.45, 7) is 6.91. The van der Waals surface area contributed by atoms with Crippen LogP contribution in [-0.2, 0) is 11.3 Å². The molecule has 2 aromatic heterocycles. The van der Waals surface area contributed by atoms with E-state index in [-0.39, 0.29) is 11.9 Å². The van der Waals surface area contributed by atoms with Gasteiger partial charge in [-0.05, 0) is 45.2 Å². The van der Waals surface area contributed by atoms with Gasteiger partial charge in [0.1, 0.15) is 12.4 Å². The molecule has 0 radical (unpaired) electrons. The monoisotopic (exact) mass is 370 g/mol. The number of benzene rings is 1. The first kappa shape index (κ1) is 17.9. The van der Waals surface area contributed by atoms with E-state index in [4.69, 9.17) is 14.3 Å². The van der Waals surface area contributed by atoms with E-state index < -0.39 is 0 Å². The fourth-order valence-corrected chi connectivity index (χ4v) is 3.60. The van der Waals surface area contributed by atoms with Crippen molar-refractivity contribution in [2.45, 2.75) is 26.4 Å². The van der Waals surface area contributed by atoms with Crippen LogP contribution < -0.4 is 0 Å². The van der Waals surface area contributed by atoms with Gasteiger partial charge in [-0.1, -0.05) is 0 Å². The van der Waals surface area contributed by atoms with Crippen LogP contribution in [0.1, 0.15) is 28.9 Å². The van der Waals surface area contributed by atoms with Crippen molar-refractivity contribution in [1.29, 1.82) is 0 Å². The van der Waals surface area contributed by atoms with Gasteiger partial charge in [0.2, 0.25) is 5.89 Å². The number of hydrogen-bond donors (Lipinski definition) is 0. The number of nitrogens with zero attached hydrogens (tertiary/aromatic N) is 4. The summed E-state index contributed by atoms with van der Waals surface area (Å²) < 4.78 is 26.5. The van der Waals surface area contributed by atoms with E-state index in [0.717, 1.165) is 30.1 Å². The van der Waals surface area contributed by atoms with Crippen molar-refractivity contribution in [2.75, 3.05) is 26.8 Å². The highest BCUT2D eigenvalue weighted by Gasteiger charge is 2.27. The second-order valence-corrected chi connectivity index (χ2v) is 6.94. The first-order valence-electron chi connectivity index (χ1n) is 9.05. The standard InChI is InChI=1S/C20H23FN4O2/c1-13-20(17-12-26-9-8-24(17)3)14(2)25(23-13)11-19-22-10-18(27-19)15-4-6-16(21)7-5-15/h4-7,10,17H,8-9,11-12H2,1-3H3. The lowest BCUT2D eigenvalue weighted by atomic mass is 10.0. The first-order chi connectivity index (χ1) is 13.0. The molecule has 1 aromatic carbocycles. The van der Waals surface area contributed by atoms with Crippen LogP contribution >= 0.6 is 0 Å². The molecule has 0 amide bonds. The van der Waals surface area contributed by atoms with Crippen LogP contribution in [0.5, 0.6) is 0 Å². The summed E-state index contributed by atoms with van der Waals surface area (Å²) in [6, 6.07) is 6.40. The second kappa shape index (κ2) is 7.25. The quantitative estimate of drug-likeness (QED) is 0.705. The number of halogens is 1. The summed E-state index contributed by atoms with van der Waals surface area (Å²) in [5.74, 6) is 0.914. The molecule has 6 nitrogen and oxygen atoms in total. The molecular weight excluding hydrogens is 347 g/mol. The maximum absolute atomic E-state index is 13.1. The molecule has 0 aliphatic carbocycles. The third-order valence-electron chi connectivity index (χ3n) is 5.13. The summed E-state index contributed by atoms with van der Waals surface area (Å²) in [5.41, 5.74) is 4.10. The molecule has 0 N–H and O–H groups in total. The Hall–Kier alpha value is -2.51. The van der Waals surface area contributed by atoms with E-state index in [1.54, 1.807) is 18.3 Å². The number of aryl methyl sites for hydroxylation is 1. The minimum atomic E-state index is -0.273. The number of likely N-dealkylation sites (N-methyl/N-ethyl adjacent to an activating group) is 1. The van der Waals surface area contributed by atoms with Crippen LogP contribution in [0.4, 0.5) is 4.39 Å². The number of ether oxygens (including phenoxy) is 1. The summed E-state index contributed by atoms with van der Waals surface area (Å²) in [4.78, 5) is 6.67. The van der Waals surface area contributed by atoms with E-state index >= 15 is 0 Å². The van der Waals surface area contributed by atoms with Crippen molar-refractivity contribution in [2.24, 2.45) is 0 Å². The Labute approximate surface area is 157 Å². The number of morpholine rings is 1. The highest BCUT2D eigenvalue weighted by molar-refractivity contribution is 5.55. The maximum Gasteiger partial charge on any atom is 0.216 e. The van der Waals surface area contributed by atoms with Gasteiger partial charge >= 0.3 is 0 Å². The molecule has 142 valence electrons. The fraction of sp³-hybridized carbons (Fsp3) is 0.400. The lowest BCUT2D eigenvalue weighted by Crippen LogP contribution is -2.37. The van der Waals surface area contributed by atoms with Gasteiger partial charge in [-0.2, -0.15) is 5.10 Å². The molecule has 3 aromatic rings. The smallest absolute Gasteiger partial charge is 0.216 e.